The van der Waals surface area contributed by atoms with Crippen LogP contribution in [0.2, 0.25) is 5.02 Å². The van der Waals surface area contributed by atoms with Crippen molar-refractivity contribution in [3.8, 4) is 0 Å². The van der Waals surface area contributed by atoms with Gasteiger partial charge in [0.25, 0.3) is 0 Å². The summed E-state index contributed by atoms with van der Waals surface area (Å²) in [5.41, 5.74) is 3.51. The van der Waals surface area contributed by atoms with E-state index in [1.807, 2.05) is 18.2 Å². The molecule has 1 heterocycles. The molecule has 3 nitrogen and oxygen atoms in total. The Morgan fingerprint density at radius 3 is 2.57 bits per heavy atom. The molecular formula is C23H24ClN3S. The molecule has 1 N–H and O–H groups in total. The smallest absolute Gasteiger partial charge is 0.173 e. The van der Waals surface area contributed by atoms with Crippen molar-refractivity contribution in [2.75, 3.05) is 31.5 Å². The number of hydrogen-bond donors (Lipinski definition) is 1. The zero-order valence-electron chi connectivity index (χ0n) is 16.0. The Morgan fingerprint density at radius 1 is 1.00 bits per heavy atom. The maximum Gasteiger partial charge on any atom is 0.173 e. The van der Waals surface area contributed by atoms with Crippen LogP contribution in [0.4, 0.5) is 5.69 Å². The van der Waals surface area contributed by atoms with Gasteiger partial charge >= 0.3 is 0 Å². The van der Waals surface area contributed by atoms with Gasteiger partial charge in [0.05, 0.1) is 0 Å². The molecule has 1 aliphatic heterocycles. The average Bonchev–Trinajstić information content (AvgIpc) is 2.71. The van der Waals surface area contributed by atoms with E-state index in [0.717, 1.165) is 54.1 Å². The van der Waals surface area contributed by atoms with E-state index in [-0.39, 0.29) is 0 Å². The molecule has 28 heavy (non-hydrogen) atoms. The molecule has 0 atom stereocenters. The monoisotopic (exact) mass is 409 g/mol. The van der Waals surface area contributed by atoms with Gasteiger partial charge in [-0.05, 0) is 53.2 Å². The molecule has 0 spiro atoms. The Labute approximate surface area is 176 Å². The summed E-state index contributed by atoms with van der Waals surface area (Å²) in [6, 6.07) is 21.0. The number of benzene rings is 3. The van der Waals surface area contributed by atoms with Crippen LogP contribution in [0.15, 0.2) is 60.7 Å². The molecule has 4 rings (SSSR count). The van der Waals surface area contributed by atoms with Crippen LogP contribution in [-0.2, 0) is 6.54 Å². The molecule has 1 fully saturated rings. The van der Waals surface area contributed by atoms with E-state index in [1.165, 1.54) is 16.3 Å². The van der Waals surface area contributed by atoms with Crippen LogP contribution in [0.3, 0.4) is 0 Å². The van der Waals surface area contributed by atoms with Crippen molar-refractivity contribution in [3.05, 3.63) is 76.8 Å². The van der Waals surface area contributed by atoms with Gasteiger partial charge in [0.2, 0.25) is 0 Å². The number of anilines is 1. The summed E-state index contributed by atoms with van der Waals surface area (Å²) in [6.07, 6.45) is 0. The molecule has 0 unspecified atom stereocenters. The molecule has 3 aromatic rings. The van der Waals surface area contributed by atoms with Crippen LogP contribution in [0.25, 0.3) is 10.8 Å². The fourth-order valence-electron chi connectivity index (χ4n) is 3.70. The maximum atomic E-state index is 6.12. The van der Waals surface area contributed by atoms with Crippen LogP contribution < -0.4 is 5.32 Å². The lowest BCUT2D eigenvalue weighted by Gasteiger charge is -2.36. The SMILES string of the molecule is Cc1ccc(Cl)cc1NC(=S)N1CCN(Cc2cccc3ccccc23)CC1. The van der Waals surface area contributed by atoms with Crippen LogP contribution in [0, 0.1) is 6.92 Å². The predicted molar refractivity (Wildman–Crippen MR) is 123 cm³/mol. The van der Waals surface area contributed by atoms with Crippen molar-refractivity contribution in [3.63, 3.8) is 0 Å². The Morgan fingerprint density at radius 2 is 1.75 bits per heavy atom. The number of hydrogen-bond acceptors (Lipinski definition) is 2. The number of halogens is 1. The van der Waals surface area contributed by atoms with Crippen molar-refractivity contribution in [1.29, 1.82) is 0 Å². The highest BCUT2D eigenvalue weighted by Gasteiger charge is 2.20. The van der Waals surface area contributed by atoms with Crippen LogP contribution in [0.5, 0.6) is 0 Å². The van der Waals surface area contributed by atoms with Crippen molar-refractivity contribution < 1.29 is 0 Å². The third kappa shape index (κ3) is 4.30. The highest BCUT2D eigenvalue weighted by molar-refractivity contribution is 7.80. The number of fused-ring (bicyclic) bond motifs is 1. The molecule has 0 aliphatic carbocycles. The first-order valence-electron chi connectivity index (χ1n) is 9.61. The van der Waals surface area contributed by atoms with Crippen LogP contribution in [-0.4, -0.2) is 41.1 Å². The van der Waals surface area contributed by atoms with Crippen molar-refractivity contribution in [1.82, 2.24) is 9.80 Å². The molecule has 3 aromatic carbocycles. The van der Waals surface area contributed by atoms with Crippen LogP contribution >= 0.6 is 23.8 Å². The minimum absolute atomic E-state index is 0.718. The number of piperazine rings is 1. The van der Waals surface area contributed by atoms with Gasteiger partial charge < -0.3 is 10.2 Å². The van der Waals surface area contributed by atoms with Gasteiger partial charge in [-0.2, -0.15) is 0 Å². The highest BCUT2D eigenvalue weighted by atomic mass is 35.5. The molecule has 1 aliphatic rings. The molecular weight excluding hydrogens is 386 g/mol. The van der Waals surface area contributed by atoms with Gasteiger partial charge in [-0.3, -0.25) is 4.90 Å². The second-order valence-electron chi connectivity index (χ2n) is 7.29. The van der Waals surface area contributed by atoms with E-state index in [2.05, 4.69) is 64.5 Å². The molecule has 144 valence electrons. The lowest BCUT2D eigenvalue weighted by Crippen LogP contribution is -2.49. The van der Waals surface area contributed by atoms with Gasteiger partial charge in [0.15, 0.2) is 5.11 Å². The summed E-state index contributed by atoms with van der Waals surface area (Å²) in [6.45, 7) is 6.89. The number of aryl methyl sites for hydroxylation is 1. The maximum absolute atomic E-state index is 6.12. The number of nitrogens with zero attached hydrogens (tertiary/aromatic N) is 2. The molecule has 0 amide bonds. The largest absolute Gasteiger partial charge is 0.346 e. The van der Waals surface area contributed by atoms with E-state index in [0.29, 0.717) is 0 Å². The Kier molecular flexibility index (Phi) is 5.81. The average molecular weight is 410 g/mol. The molecule has 0 aromatic heterocycles. The minimum Gasteiger partial charge on any atom is -0.346 e. The fraction of sp³-hybridized carbons (Fsp3) is 0.261. The zero-order chi connectivity index (χ0) is 19.5. The number of thiocarbonyl (C=S) groups is 1. The van der Waals surface area contributed by atoms with E-state index in [4.69, 9.17) is 23.8 Å². The quantitative estimate of drug-likeness (QED) is 0.590. The van der Waals surface area contributed by atoms with Gasteiger partial charge in [-0.1, -0.05) is 60.1 Å². The lowest BCUT2D eigenvalue weighted by atomic mass is 10.0. The van der Waals surface area contributed by atoms with Crippen molar-refractivity contribution >= 4 is 45.4 Å². The van der Waals surface area contributed by atoms with E-state index < -0.39 is 0 Å². The van der Waals surface area contributed by atoms with Crippen molar-refractivity contribution in [2.45, 2.75) is 13.5 Å². The minimum atomic E-state index is 0.718. The summed E-state index contributed by atoms with van der Waals surface area (Å²) < 4.78 is 0. The van der Waals surface area contributed by atoms with Crippen molar-refractivity contribution in [2.24, 2.45) is 0 Å². The van der Waals surface area contributed by atoms with Gasteiger partial charge in [0.1, 0.15) is 0 Å². The standard InChI is InChI=1S/C23H24ClN3S/c1-17-9-10-20(24)15-22(17)25-23(28)27-13-11-26(12-14-27)16-19-7-4-6-18-5-2-3-8-21(18)19/h2-10,15H,11-14,16H2,1H3,(H,25,28). The molecule has 0 bridgehead atoms. The first kappa shape index (κ1) is 19.2. The van der Waals surface area contributed by atoms with E-state index in [1.54, 1.807) is 0 Å². The number of rotatable bonds is 3. The van der Waals surface area contributed by atoms with Crippen LogP contribution in [0.1, 0.15) is 11.1 Å². The fourth-order valence-corrected chi connectivity index (χ4v) is 4.17. The second kappa shape index (κ2) is 8.48. The summed E-state index contributed by atoms with van der Waals surface area (Å²) in [4.78, 5) is 4.75. The first-order chi connectivity index (χ1) is 13.6. The predicted octanol–water partition coefficient (Wildman–Crippen LogP) is 5.32. The first-order valence-corrected chi connectivity index (χ1v) is 10.4. The molecule has 1 saturated heterocycles. The molecule has 5 heteroatoms. The summed E-state index contributed by atoms with van der Waals surface area (Å²) >= 11 is 11.8. The van der Waals surface area contributed by atoms with Gasteiger partial charge in [-0.15, -0.1) is 0 Å². The van der Waals surface area contributed by atoms with Gasteiger partial charge in [-0.25, -0.2) is 0 Å². The highest BCUT2D eigenvalue weighted by Crippen LogP contribution is 2.22. The zero-order valence-corrected chi connectivity index (χ0v) is 17.6. The molecule has 0 saturated carbocycles. The third-order valence-electron chi connectivity index (χ3n) is 5.37. The Bertz CT molecular complexity index is 991. The summed E-state index contributed by atoms with van der Waals surface area (Å²) in [5, 5.41) is 7.51. The summed E-state index contributed by atoms with van der Waals surface area (Å²) in [5.74, 6) is 0. The third-order valence-corrected chi connectivity index (χ3v) is 5.97. The van der Waals surface area contributed by atoms with E-state index in [9.17, 15) is 0 Å². The Balaban J connectivity index is 1.36. The molecule has 0 radical (unpaired) electrons. The van der Waals surface area contributed by atoms with Gasteiger partial charge in [0, 0.05) is 43.4 Å². The second-order valence-corrected chi connectivity index (χ2v) is 8.11. The summed E-state index contributed by atoms with van der Waals surface area (Å²) in [7, 11) is 0. The topological polar surface area (TPSA) is 18.5 Å². The van der Waals surface area contributed by atoms with E-state index >= 15 is 0 Å². The lowest BCUT2D eigenvalue weighted by molar-refractivity contribution is 0.177. The number of nitrogens with one attached hydrogen (secondary N) is 1. The Hall–Kier alpha value is -2.14. The normalized spacial score (nSPS) is 15.0.